The molecule has 28 heavy (non-hydrogen) atoms. The van der Waals surface area contributed by atoms with E-state index in [-0.39, 0.29) is 18.1 Å². The maximum Gasteiger partial charge on any atom is 0.433 e. The van der Waals surface area contributed by atoms with Crippen LogP contribution in [0.15, 0.2) is 36.9 Å². The van der Waals surface area contributed by atoms with Crippen LogP contribution in [0.5, 0.6) is 11.9 Å². The number of carbonyl (C=O) groups excluding carboxylic acids is 1. The van der Waals surface area contributed by atoms with E-state index in [9.17, 15) is 18.0 Å². The molecule has 0 aliphatic heterocycles. The summed E-state index contributed by atoms with van der Waals surface area (Å²) in [7, 11) is 1.22. The minimum Gasteiger partial charge on any atom is -0.473 e. The van der Waals surface area contributed by atoms with E-state index in [0.29, 0.717) is 17.2 Å². The van der Waals surface area contributed by atoms with Crippen LogP contribution in [0.25, 0.3) is 5.57 Å². The molecule has 6 nitrogen and oxygen atoms in total. The zero-order chi connectivity index (χ0) is 20.9. The van der Waals surface area contributed by atoms with Crippen molar-refractivity contribution in [1.82, 2.24) is 9.97 Å². The van der Waals surface area contributed by atoms with Crippen LogP contribution in [-0.4, -0.2) is 29.2 Å². The van der Waals surface area contributed by atoms with Gasteiger partial charge in [-0.15, -0.1) is 0 Å². The monoisotopic (exact) mass is 396 g/mol. The molecule has 0 radical (unpaired) electrons. The third kappa shape index (κ3) is 5.45. The molecule has 0 aliphatic carbocycles. The van der Waals surface area contributed by atoms with Crippen LogP contribution in [0.4, 0.5) is 13.2 Å². The van der Waals surface area contributed by atoms with Gasteiger partial charge in [0.15, 0.2) is 5.69 Å². The summed E-state index contributed by atoms with van der Waals surface area (Å²) in [6.07, 6.45) is -5.10. The summed E-state index contributed by atoms with van der Waals surface area (Å²) in [5.41, 5.74) is -0.0980. The summed E-state index contributed by atoms with van der Waals surface area (Å²) in [6.45, 7) is 6.80. The van der Waals surface area contributed by atoms with Gasteiger partial charge in [0.2, 0.25) is 5.88 Å². The van der Waals surface area contributed by atoms with E-state index in [2.05, 4.69) is 21.3 Å². The second-order valence-corrected chi connectivity index (χ2v) is 5.95. The van der Waals surface area contributed by atoms with Crippen molar-refractivity contribution >= 4 is 11.5 Å². The summed E-state index contributed by atoms with van der Waals surface area (Å²) >= 11 is 0. The van der Waals surface area contributed by atoms with E-state index < -0.39 is 30.0 Å². The molecular weight excluding hydrogens is 377 g/mol. The second-order valence-electron chi connectivity index (χ2n) is 5.95. The summed E-state index contributed by atoms with van der Waals surface area (Å²) in [5, 5.41) is 0. The smallest absolute Gasteiger partial charge is 0.433 e. The van der Waals surface area contributed by atoms with Gasteiger partial charge in [0.05, 0.1) is 18.8 Å². The lowest BCUT2D eigenvalue weighted by Gasteiger charge is -2.14. The van der Waals surface area contributed by atoms with Gasteiger partial charge in [-0.25, -0.2) is 4.79 Å². The molecule has 0 amide bonds. The molecule has 0 atom stereocenters. The lowest BCUT2D eigenvalue weighted by Crippen LogP contribution is -2.14. The highest BCUT2D eigenvalue weighted by atomic mass is 19.4. The Labute approximate surface area is 160 Å². The molecule has 0 aliphatic rings. The second kappa shape index (κ2) is 8.73. The average molecular weight is 396 g/mol. The van der Waals surface area contributed by atoms with Crippen LogP contribution in [-0.2, 0) is 22.3 Å². The maximum absolute atomic E-state index is 13.1. The van der Waals surface area contributed by atoms with Gasteiger partial charge in [-0.05, 0) is 25.0 Å². The van der Waals surface area contributed by atoms with Gasteiger partial charge >= 0.3 is 18.2 Å². The van der Waals surface area contributed by atoms with E-state index in [1.165, 1.54) is 7.11 Å². The Balaban J connectivity index is 2.30. The predicted molar refractivity (Wildman–Crippen MR) is 94.6 cm³/mol. The highest BCUT2D eigenvalue weighted by Gasteiger charge is 2.34. The third-order valence-corrected chi connectivity index (χ3v) is 3.46. The number of aromatic nitrogens is 2. The average Bonchev–Trinajstić information content (AvgIpc) is 2.64. The van der Waals surface area contributed by atoms with Gasteiger partial charge in [-0.3, -0.25) is 0 Å². The normalized spacial score (nSPS) is 11.2. The fourth-order valence-electron chi connectivity index (χ4n) is 2.21. The zero-order valence-corrected chi connectivity index (χ0v) is 15.5. The van der Waals surface area contributed by atoms with Crippen LogP contribution in [0.2, 0.25) is 0 Å². The largest absolute Gasteiger partial charge is 0.473 e. The van der Waals surface area contributed by atoms with Gasteiger partial charge in [-0.2, -0.15) is 23.1 Å². The van der Waals surface area contributed by atoms with E-state index in [0.717, 1.165) is 0 Å². The first-order valence-electron chi connectivity index (χ1n) is 8.23. The highest BCUT2D eigenvalue weighted by Crippen LogP contribution is 2.31. The van der Waals surface area contributed by atoms with Gasteiger partial charge in [0.1, 0.15) is 6.61 Å². The lowest BCUT2D eigenvalue weighted by atomic mass is 10.0. The molecule has 0 saturated heterocycles. The Morgan fingerprint density at radius 1 is 1.21 bits per heavy atom. The van der Waals surface area contributed by atoms with Crippen molar-refractivity contribution in [2.24, 2.45) is 0 Å². The topological polar surface area (TPSA) is 70.5 Å². The SMILES string of the molecule is C=C(C(=O)OC)c1ccccc1COc1cc(C(F)(F)F)nc(OC(C)C)n1. The summed E-state index contributed by atoms with van der Waals surface area (Å²) in [5.74, 6) is -0.932. The third-order valence-electron chi connectivity index (χ3n) is 3.46. The highest BCUT2D eigenvalue weighted by molar-refractivity contribution is 6.15. The summed E-state index contributed by atoms with van der Waals surface area (Å²) < 4.78 is 54.5. The van der Waals surface area contributed by atoms with Gasteiger partial charge in [0, 0.05) is 6.07 Å². The fraction of sp³-hybridized carbons (Fsp3) is 0.316. The molecule has 0 spiro atoms. The van der Waals surface area contributed by atoms with Crippen molar-refractivity contribution < 1.29 is 32.2 Å². The van der Waals surface area contributed by atoms with Crippen molar-refractivity contribution in [2.75, 3.05) is 7.11 Å². The fourth-order valence-corrected chi connectivity index (χ4v) is 2.21. The number of benzene rings is 1. The number of esters is 1. The molecule has 2 aromatic rings. The zero-order valence-electron chi connectivity index (χ0n) is 15.5. The molecule has 1 heterocycles. The van der Waals surface area contributed by atoms with Crippen molar-refractivity contribution in [2.45, 2.75) is 32.7 Å². The van der Waals surface area contributed by atoms with Gasteiger partial charge in [0.25, 0.3) is 0 Å². The van der Waals surface area contributed by atoms with Crippen molar-refractivity contribution in [3.63, 3.8) is 0 Å². The molecule has 2 rings (SSSR count). The number of nitrogens with zero attached hydrogens (tertiary/aromatic N) is 2. The first-order valence-corrected chi connectivity index (χ1v) is 8.23. The molecule has 0 saturated carbocycles. The molecule has 9 heteroatoms. The Morgan fingerprint density at radius 3 is 2.50 bits per heavy atom. The first-order chi connectivity index (χ1) is 13.1. The first kappa shape index (κ1) is 21.2. The maximum atomic E-state index is 13.1. The quantitative estimate of drug-likeness (QED) is 0.520. The van der Waals surface area contributed by atoms with Crippen molar-refractivity contribution in [3.05, 3.63) is 53.7 Å². The molecular formula is C19H19F3N2O4. The number of rotatable bonds is 7. The van der Waals surface area contributed by atoms with Crippen LogP contribution in [0, 0.1) is 0 Å². The van der Waals surface area contributed by atoms with E-state index in [1.807, 2.05) is 0 Å². The van der Waals surface area contributed by atoms with Crippen LogP contribution in [0.1, 0.15) is 30.7 Å². The van der Waals surface area contributed by atoms with E-state index in [4.69, 9.17) is 9.47 Å². The number of hydrogen-bond donors (Lipinski definition) is 0. The number of carbonyl (C=O) groups is 1. The summed E-state index contributed by atoms with van der Waals surface area (Å²) in [4.78, 5) is 18.9. The number of hydrogen-bond acceptors (Lipinski definition) is 6. The molecule has 0 N–H and O–H groups in total. The number of alkyl halides is 3. The Kier molecular flexibility index (Phi) is 6.61. The van der Waals surface area contributed by atoms with Gasteiger partial charge < -0.3 is 14.2 Å². The Bertz CT molecular complexity index is 866. The van der Waals surface area contributed by atoms with Gasteiger partial charge in [-0.1, -0.05) is 30.8 Å². The van der Waals surface area contributed by atoms with Crippen LogP contribution >= 0.6 is 0 Å². The molecule has 1 aromatic heterocycles. The standard InChI is InChI=1S/C19H19F3N2O4/c1-11(2)28-18-23-15(19(20,21)22)9-16(24-18)27-10-13-7-5-6-8-14(13)12(3)17(25)26-4/h5-9,11H,3,10H2,1-2,4H3. The van der Waals surface area contributed by atoms with Crippen molar-refractivity contribution in [3.8, 4) is 11.9 Å². The molecule has 0 unspecified atom stereocenters. The van der Waals surface area contributed by atoms with Crippen LogP contribution in [0.3, 0.4) is 0 Å². The van der Waals surface area contributed by atoms with Crippen molar-refractivity contribution in [1.29, 1.82) is 0 Å². The molecule has 0 fully saturated rings. The predicted octanol–water partition coefficient (Wildman–Crippen LogP) is 4.05. The lowest BCUT2D eigenvalue weighted by molar-refractivity contribution is -0.141. The molecule has 1 aromatic carbocycles. The minimum absolute atomic E-state index is 0.101. The molecule has 0 bridgehead atoms. The van der Waals surface area contributed by atoms with Crippen LogP contribution < -0.4 is 9.47 Å². The summed E-state index contributed by atoms with van der Waals surface area (Å²) in [6, 6.07) is 6.92. The Hall–Kier alpha value is -3.10. The van der Waals surface area contributed by atoms with E-state index in [1.54, 1.807) is 38.1 Å². The van der Waals surface area contributed by atoms with E-state index >= 15 is 0 Å². The minimum atomic E-state index is -4.69. The number of methoxy groups -OCH3 is 1. The number of ether oxygens (including phenoxy) is 3. The Morgan fingerprint density at radius 2 is 1.89 bits per heavy atom. The number of halogens is 3. The molecule has 150 valence electrons.